The molecule has 5 rings (SSSR count). The number of anilines is 1. The zero-order valence-corrected chi connectivity index (χ0v) is 14.5. The summed E-state index contributed by atoms with van der Waals surface area (Å²) in [5, 5.41) is 2.05. The summed E-state index contributed by atoms with van der Waals surface area (Å²) in [5.41, 5.74) is 5.47. The molecule has 0 N–H and O–H groups in total. The van der Waals surface area contributed by atoms with Gasteiger partial charge in [-0.15, -0.1) is 0 Å². The summed E-state index contributed by atoms with van der Waals surface area (Å²) >= 11 is 6.23. The van der Waals surface area contributed by atoms with Gasteiger partial charge in [-0.1, -0.05) is 29.8 Å². The van der Waals surface area contributed by atoms with Gasteiger partial charge in [0.15, 0.2) is 0 Å². The smallest absolute Gasteiger partial charge is 0.0821 e. The van der Waals surface area contributed by atoms with E-state index in [1.807, 2.05) is 6.07 Å². The molecule has 1 saturated heterocycles. The van der Waals surface area contributed by atoms with E-state index < -0.39 is 0 Å². The number of aromatic nitrogens is 1. The topological polar surface area (TPSA) is 11.4 Å². The summed E-state index contributed by atoms with van der Waals surface area (Å²) in [7, 11) is 2.22. The van der Waals surface area contributed by atoms with Gasteiger partial charge in [0, 0.05) is 53.5 Å². The number of piperazine rings is 1. The highest BCUT2D eigenvalue weighted by atomic mass is 35.5. The highest BCUT2D eigenvalue weighted by Crippen LogP contribution is 2.39. The van der Waals surface area contributed by atoms with Crippen molar-refractivity contribution in [1.29, 1.82) is 0 Å². The Morgan fingerprint density at radius 2 is 1.92 bits per heavy atom. The fourth-order valence-corrected chi connectivity index (χ4v) is 4.45. The highest BCUT2D eigenvalue weighted by molar-refractivity contribution is 6.31. The van der Waals surface area contributed by atoms with Crippen LogP contribution in [0.25, 0.3) is 10.9 Å². The van der Waals surface area contributed by atoms with Crippen LogP contribution in [0, 0.1) is 0 Å². The normalized spacial score (nSPS) is 20.4. The lowest BCUT2D eigenvalue weighted by Gasteiger charge is -2.41. The van der Waals surface area contributed by atoms with Gasteiger partial charge in [-0.3, -0.25) is 0 Å². The van der Waals surface area contributed by atoms with E-state index in [0.29, 0.717) is 6.04 Å². The molecule has 1 fully saturated rings. The van der Waals surface area contributed by atoms with Crippen molar-refractivity contribution in [3.8, 4) is 0 Å². The molecule has 2 aliphatic rings. The number of hydrogen-bond acceptors (Lipinski definition) is 2. The number of para-hydroxylation sites is 1. The van der Waals surface area contributed by atoms with E-state index in [1.54, 1.807) is 0 Å². The summed E-state index contributed by atoms with van der Waals surface area (Å²) in [5.74, 6) is 0. The van der Waals surface area contributed by atoms with E-state index in [1.165, 1.54) is 27.8 Å². The van der Waals surface area contributed by atoms with Crippen molar-refractivity contribution in [1.82, 2.24) is 9.47 Å². The Bertz CT molecular complexity index is 930. The monoisotopic (exact) mass is 337 g/mol. The van der Waals surface area contributed by atoms with Crippen molar-refractivity contribution >= 4 is 28.2 Å². The van der Waals surface area contributed by atoms with Crippen LogP contribution in [-0.2, 0) is 6.54 Å². The second kappa shape index (κ2) is 5.27. The molecule has 2 aliphatic heterocycles. The van der Waals surface area contributed by atoms with Gasteiger partial charge in [0.2, 0.25) is 0 Å². The van der Waals surface area contributed by atoms with Gasteiger partial charge in [-0.25, -0.2) is 0 Å². The Balaban J connectivity index is 1.78. The van der Waals surface area contributed by atoms with Gasteiger partial charge in [0.25, 0.3) is 0 Å². The van der Waals surface area contributed by atoms with Gasteiger partial charge >= 0.3 is 0 Å². The molecule has 0 radical (unpaired) electrons. The number of halogens is 1. The first kappa shape index (κ1) is 14.4. The zero-order valence-electron chi connectivity index (χ0n) is 13.7. The summed E-state index contributed by atoms with van der Waals surface area (Å²) < 4.78 is 2.48. The number of nitrogens with zero attached hydrogens (tertiary/aromatic N) is 3. The second-order valence-corrected chi connectivity index (χ2v) is 7.40. The molecule has 3 heterocycles. The maximum Gasteiger partial charge on any atom is 0.0821 e. The van der Waals surface area contributed by atoms with Gasteiger partial charge in [-0.2, -0.15) is 0 Å². The Hall–Kier alpha value is -1.97. The third kappa shape index (κ3) is 2.08. The van der Waals surface area contributed by atoms with Crippen LogP contribution in [0.15, 0.2) is 48.5 Å². The van der Waals surface area contributed by atoms with Crippen LogP contribution in [-0.4, -0.2) is 36.1 Å². The largest absolute Gasteiger partial charge is 0.360 e. The van der Waals surface area contributed by atoms with Crippen molar-refractivity contribution in [3.05, 3.63) is 64.8 Å². The summed E-state index contributed by atoms with van der Waals surface area (Å²) in [4.78, 5) is 5.03. The fraction of sp³-hybridized carbons (Fsp3) is 0.300. The number of fused-ring (bicyclic) bond motifs is 7. The first-order valence-corrected chi connectivity index (χ1v) is 8.90. The van der Waals surface area contributed by atoms with Gasteiger partial charge < -0.3 is 14.4 Å². The van der Waals surface area contributed by atoms with Gasteiger partial charge in [0.05, 0.1) is 6.04 Å². The van der Waals surface area contributed by atoms with E-state index in [2.05, 4.69) is 63.9 Å². The van der Waals surface area contributed by atoms with Gasteiger partial charge in [-0.05, 0) is 42.9 Å². The van der Waals surface area contributed by atoms with E-state index in [0.717, 1.165) is 31.2 Å². The third-order valence-corrected chi connectivity index (χ3v) is 5.68. The maximum absolute atomic E-state index is 6.23. The Morgan fingerprint density at radius 3 is 2.83 bits per heavy atom. The summed E-state index contributed by atoms with van der Waals surface area (Å²) in [6, 6.07) is 17.8. The minimum absolute atomic E-state index is 0.388. The number of hydrogen-bond donors (Lipinski definition) is 0. The molecule has 0 spiro atoms. The Kier molecular flexibility index (Phi) is 3.15. The average Bonchev–Trinajstić information content (AvgIpc) is 2.86. The molecule has 3 aromatic rings. The van der Waals surface area contributed by atoms with Crippen LogP contribution in [0.3, 0.4) is 0 Å². The predicted octanol–water partition coefficient (Wildman–Crippen LogP) is 4.15. The molecule has 3 nitrogen and oxygen atoms in total. The van der Waals surface area contributed by atoms with Crippen LogP contribution >= 0.6 is 11.6 Å². The lowest BCUT2D eigenvalue weighted by atomic mass is 10.1. The minimum atomic E-state index is 0.388. The average molecular weight is 338 g/mol. The lowest BCUT2D eigenvalue weighted by molar-refractivity contribution is 0.266. The highest BCUT2D eigenvalue weighted by Gasteiger charge is 2.33. The molecule has 0 aliphatic carbocycles. The Morgan fingerprint density at radius 1 is 1.04 bits per heavy atom. The first-order chi connectivity index (χ1) is 11.7. The van der Waals surface area contributed by atoms with Crippen molar-refractivity contribution in [2.45, 2.75) is 12.6 Å². The van der Waals surface area contributed by atoms with E-state index in [4.69, 9.17) is 11.6 Å². The second-order valence-electron chi connectivity index (χ2n) is 6.96. The third-order valence-electron chi connectivity index (χ3n) is 5.45. The maximum atomic E-state index is 6.23. The molecule has 1 atom stereocenters. The minimum Gasteiger partial charge on any atom is -0.360 e. The zero-order chi connectivity index (χ0) is 16.3. The van der Waals surface area contributed by atoms with Crippen molar-refractivity contribution in [2.24, 2.45) is 0 Å². The molecule has 2 aromatic carbocycles. The lowest BCUT2D eigenvalue weighted by Crippen LogP contribution is -2.47. The molecule has 0 saturated carbocycles. The van der Waals surface area contributed by atoms with Crippen LogP contribution in [0.4, 0.5) is 5.69 Å². The number of likely N-dealkylation sites (N-methyl/N-ethyl adjacent to an activating group) is 1. The first-order valence-electron chi connectivity index (χ1n) is 8.52. The molecule has 0 amide bonds. The fourth-order valence-electron chi connectivity index (χ4n) is 4.27. The molecular weight excluding hydrogens is 318 g/mol. The van der Waals surface area contributed by atoms with Crippen molar-refractivity contribution in [2.75, 3.05) is 31.6 Å². The molecular formula is C20H20ClN3. The quantitative estimate of drug-likeness (QED) is 0.610. The van der Waals surface area contributed by atoms with E-state index >= 15 is 0 Å². The molecule has 122 valence electrons. The van der Waals surface area contributed by atoms with Crippen LogP contribution < -0.4 is 4.90 Å². The number of rotatable bonds is 0. The summed E-state index contributed by atoms with van der Waals surface area (Å²) in [6.07, 6.45) is 0. The predicted molar refractivity (Wildman–Crippen MR) is 100 cm³/mol. The summed E-state index contributed by atoms with van der Waals surface area (Å²) in [6.45, 7) is 4.16. The molecule has 1 unspecified atom stereocenters. The van der Waals surface area contributed by atoms with Crippen LogP contribution in [0.5, 0.6) is 0 Å². The molecule has 0 bridgehead atoms. The van der Waals surface area contributed by atoms with Crippen LogP contribution in [0.2, 0.25) is 5.02 Å². The van der Waals surface area contributed by atoms with Crippen molar-refractivity contribution < 1.29 is 0 Å². The molecule has 24 heavy (non-hydrogen) atoms. The van der Waals surface area contributed by atoms with Crippen LogP contribution in [0.1, 0.15) is 17.3 Å². The Labute approximate surface area is 147 Å². The van der Waals surface area contributed by atoms with Crippen molar-refractivity contribution in [3.63, 3.8) is 0 Å². The van der Waals surface area contributed by atoms with E-state index in [-0.39, 0.29) is 0 Å². The molecule has 1 aromatic heterocycles. The SMILES string of the molecule is CN1CCN2c3ccccc3Cn3c(cc4cc(Cl)ccc43)C2C1. The standard InChI is InChI=1S/C20H20ClN3/c1-22-8-9-23-17-5-3-2-4-14(17)12-24-18-7-6-16(21)10-15(18)11-19(24)20(23)13-22/h2-7,10-11,20H,8-9,12-13H2,1H3. The number of benzene rings is 2. The van der Waals surface area contributed by atoms with E-state index in [9.17, 15) is 0 Å². The van der Waals surface area contributed by atoms with Gasteiger partial charge in [0.1, 0.15) is 0 Å². The molecule has 4 heteroatoms.